The fraction of sp³-hybridized carbons (Fsp3) is 0. The van der Waals surface area contributed by atoms with Gasteiger partial charge in [-0.15, -0.1) is 0 Å². The van der Waals surface area contributed by atoms with Crippen molar-refractivity contribution < 1.29 is 18.3 Å². The fourth-order valence-electron chi connectivity index (χ4n) is 1.52. The molecule has 4 N–H and O–H groups in total. The quantitative estimate of drug-likeness (QED) is 0.836. The summed E-state index contributed by atoms with van der Waals surface area (Å²) in [6.07, 6.45) is 0. The second-order valence-electron chi connectivity index (χ2n) is 3.76. The standard InChI is InChI=1S/C13H10F2N2O2/c14-9-5-4-7(6-10(9)15)19-11-3-1-2-8(12(11)16)13(17)18/h1-6H,16H2,(H2,17,18). The van der Waals surface area contributed by atoms with Gasteiger partial charge in [0.15, 0.2) is 17.4 Å². The Labute approximate surface area is 107 Å². The number of benzene rings is 2. The zero-order chi connectivity index (χ0) is 14.0. The lowest BCUT2D eigenvalue weighted by molar-refractivity contribution is 0.100. The van der Waals surface area contributed by atoms with Crippen molar-refractivity contribution in [3.8, 4) is 11.5 Å². The lowest BCUT2D eigenvalue weighted by Crippen LogP contribution is -2.13. The number of hydrogen-bond donors (Lipinski definition) is 2. The van der Waals surface area contributed by atoms with E-state index in [2.05, 4.69) is 0 Å². The maximum absolute atomic E-state index is 13.0. The number of rotatable bonds is 3. The minimum Gasteiger partial charge on any atom is -0.455 e. The number of nitrogens with two attached hydrogens (primary N) is 2. The van der Waals surface area contributed by atoms with Crippen LogP contribution in [0.4, 0.5) is 14.5 Å². The number of hydrogen-bond acceptors (Lipinski definition) is 3. The zero-order valence-electron chi connectivity index (χ0n) is 9.69. The number of para-hydroxylation sites is 1. The molecule has 2 aromatic rings. The van der Waals surface area contributed by atoms with Gasteiger partial charge in [-0.1, -0.05) is 6.07 Å². The molecule has 0 spiro atoms. The normalized spacial score (nSPS) is 10.2. The van der Waals surface area contributed by atoms with Crippen LogP contribution in [0.15, 0.2) is 36.4 Å². The molecule has 0 bridgehead atoms. The van der Waals surface area contributed by atoms with Crippen LogP contribution in [0.5, 0.6) is 11.5 Å². The molecule has 0 saturated heterocycles. The van der Waals surface area contributed by atoms with E-state index in [1.54, 1.807) is 0 Å². The van der Waals surface area contributed by atoms with Crippen LogP contribution in [0.2, 0.25) is 0 Å². The van der Waals surface area contributed by atoms with Gasteiger partial charge in [0.2, 0.25) is 0 Å². The van der Waals surface area contributed by atoms with Crippen molar-refractivity contribution in [2.45, 2.75) is 0 Å². The number of halogens is 2. The molecule has 6 heteroatoms. The Morgan fingerprint density at radius 2 is 1.84 bits per heavy atom. The van der Waals surface area contributed by atoms with Gasteiger partial charge < -0.3 is 16.2 Å². The lowest BCUT2D eigenvalue weighted by atomic mass is 10.1. The van der Waals surface area contributed by atoms with Gasteiger partial charge in [-0.25, -0.2) is 8.78 Å². The van der Waals surface area contributed by atoms with E-state index in [1.807, 2.05) is 0 Å². The summed E-state index contributed by atoms with van der Waals surface area (Å²) in [7, 11) is 0. The maximum atomic E-state index is 13.0. The zero-order valence-corrected chi connectivity index (χ0v) is 9.69. The number of carbonyl (C=O) groups is 1. The van der Waals surface area contributed by atoms with E-state index in [0.29, 0.717) is 0 Å². The summed E-state index contributed by atoms with van der Waals surface area (Å²) in [4.78, 5) is 11.1. The molecule has 0 radical (unpaired) electrons. The molecule has 2 aromatic carbocycles. The van der Waals surface area contributed by atoms with Gasteiger partial charge in [-0.2, -0.15) is 0 Å². The third-order valence-electron chi connectivity index (χ3n) is 2.45. The Kier molecular flexibility index (Phi) is 3.33. The van der Waals surface area contributed by atoms with Crippen molar-refractivity contribution in [2.75, 3.05) is 5.73 Å². The van der Waals surface area contributed by atoms with Gasteiger partial charge in [0, 0.05) is 6.07 Å². The van der Waals surface area contributed by atoms with Gasteiger partial charge in [0.25, 0.3) is 5.91 Å². The second-order valence-corrected chi connectivity index (χ2v) is 3.76. The number of ether oxygens (including phenoxy) is 1. The summed E-state index contributed by atoms with van der Waals surface area (Å²) >= 11 is 0. The molecule has 0 aliphatic rings. The predicted octanol–water partition coefficient (Wildman–Crippen LogP) is 2.44. The van der Waals surface area contributed by atoms with Gasteiger partial charge in [-0.05, 0) is 24.3 Å². The summed E-state index contributed by atoms with van der Waals surface area (Å²) in [5.41, 5.74) is 11.0. The summed E-state index contributed by atoms with van der Waals surface area (Å²) in [5, 5.41) is 0. The Balaban J connectivity index is 2.35. The molecule has 2 rings (SSSR count). The average molecular weight is 264 g/mol. The van der Waals surface area contributed by atoms with Gasteiger partial charge in [0.1, 0.15) is 5.75 Å². The van der Waals surface area contributed by atoms with Crippen molar-refractivity contribution in [3.05, 3.63) is 53.6 Å². The molecule has 4 nitrogen and oxygen atoms in total. The minimum atomic E-state index is -1.04. The van der Waals surface area contributed by atoms with Crippen molar-refractivity contribution in [3.63, 3.8) is 0 Å². The predicted molar refractivity (Wildman–Crippen MR) is 65.8 cm³/mol. The molecule has 19 heavy (non-hydrogen) atoms. The van der Waals surface area contributed by atoms with Crippen molar-refractivity contribution in [2.24, 2.45) is 5.73 Å². The van der Waals surface area contributed by atoms with Crippen LogP contribution in [0.3, 0.4) is 0 Å². The molecule has 0 heterocycles. The van der Waals surface area contributed by atoms with Crippen molar-refractivity contribution >= 4 is 11.6 Å². The van der Waals surface area contributed by atoms with Crippen LogP contribution >= 0.6 is 0 Å². The van der Waals surface area contributed by atoms with Crippen LogP contribution in [0.25, 0.3) is 0 Å². The number of amides is 1. The first-order chi connectivity index (χ1) is 8.99. The summed E-state index contributed by atoms with van der Waals surface area (Å²) < 4.78 is 31.1. The molecule has 0 aliphatic heterocycles. The molecular weight excluding hydrogens is 254 g/mol. The fourth-order valence-corrected chi connectivity index (χ4v) is 1.52. The first-order valence-corrected chi connectivity index (χ1v) is 5.30. The van der Waals surface area contributed by atoms with E-state index in [9.17, 15) is 13.6 Å². The molecule has 0 aromatic heterocycles. The van der Waals surface area contributed by atoms with E-state index in [-0.39, 0.29) is 22.7 Å². The summed E-state index contributed by atoms with van der Waals surface area (Å²) in [6, 6.07) is 7.50. The minimum absolute atomic E-state index is 0.0414. The Hall–Kier alpha value is -2.63. The second kappa shape index (κ2) is 4.93. The highest BCUT2D eigenvalue weighted by atomic mass is 19.2. The molecule has 0 saturated carbocycles. The third kappa shape index (κ3) is 2.62. The van der Waals surface area contributed by atoms with Gasteiger partial charge >= 0.3 is 0 Å². The average Bonchev–Trinajstić information content (AvgIpc) is 2.36. The Bertz CT molecular complexity index is 645. The Morgan fingerprint density at radius 1 is 1.11 bits per heavy atom. The highest BCUT2D eigenvalue weighted by Gasteiger charge is 2.12. The maximum Gasteiger partial charge on any atom is 0.250 e. The molecule has 0 atom stereocenters. The molecule has 98 valence electrons. The highest BCUT2D eigenvalue weighted by molar-refractivity contribution is 5.99. The molecule has 0 aliphatic carbocycles. The monoisotopic (exact) mass is 264 g/mol. The first-order valence-electron chi connectivity index (χ1n) is 5.30. The topological polar surface area (TPSA) is 78.3 Å². The number of anilines is 1. The summed E-state index contributed by atoms with van der Waals surface area (Å²) in [5.74, 6) is -2.52. The number of nitrogen functional groups attached to an aromatic ring is 1. The van der Waals surface area contributed by atoms with E-state index in [0.717, 1.165) is 12.1 Å². The third-order valence-corrected chi connectivity index (χ3v) is 2.45. The summed E-state index contributed by atoms with van der Waals surface area (Å²) in [6.45, 7) is 0. The largest absolute Gasteiger partial charge is 0.455 e. The van der Waals surface area contributed by atoms with E-state index in [4.69, 9.17) is 16.2 Å². The number of primary amides is 1. The molecule has 1 amide bonds. The van der Waals surface area contributed by atoms with E-state index in [1.165, 1.54) is 24.3 Å². The van der Waals surface area contributed by atoms with Crippen LogP contribution in [0.1, 0.15) is 10.4 Å². The van der Waals surface area contributed by atoms with E-state index < -0.39 is 17.5 Å². The van der Waals surface area contributed by atoms with Crippen LogP contribution in [-0.2, 0) is 0 Å². The van der Waals surface area contributed by atoms with Gasteiger partial charge in [0.05, 0.1) is 11.3 Å². The first kappa shape index (κ1) is 12.8. The van der Waals surface area contributed by atoms with Gasteiger partial charge in [-0.3, -0.25) is 4.79 Å². The van der Waals surface area contributed by atoms with Crippen molar-refractivity contribution in [1.29, 1.82) is 0 Å². The van der Waals surface area contributed by atoms with Crippen LogP contribution < -0.4 is 16.2 Å². The molecular formula is C13H10F2N2O2. The van der Waals surface area contributed by atoms with E-state index >= 15 is 0 Å². The smallest absolute Gasteiger partial charge is 0.250 e. The molecule has 0 fully saturated rings. The van der Waals surface area contributed by atoms with Crippen molar-refractivity contribution in [1.82, 2.24) is 0 Å². The lowest BCUT2D eigenvalue weighted by Gasteiger charge is -2.10. The SMILES string of the molecule is NC(=O)c1cccc(Oc2ccc(F)c(F)c2)c1N. The Morgan fingerprint density at radius 3 is 2.47 bits per heavy atom. The number of carbonyl (C=O) groups excluding carboxylic acids is 1. The van der Waals surface area contributed by atoms with Crippen LogP contribution in [0, 0.1) is 11.6 Å². The molecule has 0 unspecified atom stereocenters. The van der Waals surface area contributed by atoms with Crippen LogP contribution in [-0.4, -0.2) is 5.91 Å². The highest BCUT2D eigenvalue weighted by Crippen LogP contribution is 2.30.